The van der Waals surface area contributed by atoms with Gasteiger partial charge >= 0.3 is 6.03 Å². The predicted molar refractivity (Wildman–Crippen MR) is 92.9 cm³/mol. The Kier molecular flexibility index (Phi) is 5.14. The molecule has 3 rings (SSSR count). The van der Waals surface area contributed by atoms with Gasteiger partial charge in [-0.1, -0.05) is 13.8 Å². The molecule has 1 saturated heterocycles. The zero-order valence-electron chi connectivity index (χ0n) is 14.3. The Morgan fingerprint density at radius 1 is 1.35 bits per heavy atom. The molecular weight excluding hydrogens is 310 g/mol. The highest BCUT2D eigenvalue weighted by atomic mass is 32.2. The van der Waals surface area contributed by atoms with E-state index in [-0.39, 0.29) is 12.1 Å². The van der Waals surface area contributed by atoms with Crippen molar-refractivity contribution in [3.8, 4) is 0 Å². The number of hydrogen-bond donors (Lipinski definition) is 1. The summed E-state index contributed by atoms with van der Waals surface area (Å²) in [5.74, 6) is 4.49. The number of nitrogens with zero attached hydrogens (tertiary/aromatic N) is 4. The summed E-state index contributed by atoms with van der Waals surface area (Å²) in [5.41, 5.74) is 0. The lowest BCUT2D eigenvalue weighted by molar-refractivity contribution is 0.175. The predicted octanol–water partition coefficient (Wildman–Crippen LogP) is 2.25. The van der Waals surface area contributed by atoms with Crippen LogP contribution in [0.2, 0.25) is 0 Å². The first kappa shape index (κ1) is 16.6. The smallest absolute Gasteiger partial charge is 0.317 e. The van der Waals surface area contributed by atoms with Gasteiger partial charge in [0.2, 0.25) is 0 Å². The second-order valence-corrected chi connectivity index (χ2v) is 8.08. The Bertz CT molecular complexity index is 559. The van der Waals surface area contributed by atoms with Crippen LogP contribution in [0, 0.1) is 0 Å². The lowest BCUT2D eigenvalue weighted by Gasteiger charge is -2.31. The summed E-state index contributed by atoms with van der Waals surface area (Å²) < 4.78 is 1.98. The van der Waals surface area contributed by atoms with Crippen molar-refractivity contribution < 1.29 is 4.79 Å². The number of aryl methyl sites for hydroxylation is 1. The standard InChI is InChI=1S/C16H27N5OS/c1-11(2)15-18-14-5-4-13(10-21(14)19-15)17-16(22)20-7-9-23-8-6-12(20)3/h11-13H,4-10H2,1-3H3,(H,17,22)/t12-,13-/m1/s1. The third kappa shape index (κ3) is 3.82. The third-order valence-electron chi connectivity index (χ3n) is 4.67. The summed E-state index contributed by atoms with van der Waals surface area (Å²) in [6.45, 7) is 7.95. The quantitative estimate of drug-likeness (QED) is 0.899. The summed E-state index contributed by atoms with van der Waals surface area (Å²) in [6, 6.07) is 0.556. The van der Waals surface area contributed by atoms with Crippen LogP contribution < -0.4 is 5.32 Å². The van der Waals surface area contributed by atoms with E-state index in [4.69, 9.17) is 0 Å². The van der Waals surface area contributed by atoms with Crippen LogP contribution in [0.25, 0.3) is 0 Å². The lowest BCUT2D eigenvalue weighted by Crippen LogP contribution is -2.50. The molecule has 1 N–H and O–H groups in total. The van der Waals surface area contributed by atoms with E-state index in [9.17, 15) is 4.79 Å². The van der Waals surface area contributed by atoms with Gasteiger partial charge in [-0.3, -0.25) is 0 Å². The van der Waals surface area contributed by atoms with E-state index in [1.807, 2.05) is 21.3 Å². The number of carbonyl (C=O) groups excluding carboxylic acids is 1. The van der Waals surface area contributed by atoms with Crippen LogP contribution in [0.15, 0.2) is 0 Å². The molecule has 0 bridgehead atoms. The monoisotopic (exact) mass is 337 g/mol. The number of aromatic nitrogens is 3. The van der Waals surface area contributed by atoms with Crippen molar-refractivity contribution in [1.29, 1.82) is 0 Å². The van der Waals surface area contributed by atoms with Crippen molar-refractivity contribution in [2.45, 2.75) is 64.6 Å². The highest BCUT2D eigenvalue weighted by Crippen LogP contribution is 2.19. The second-order valence-electron chi connectivity index (χ2n) is 6.85. The molecule has 0 aromatic carbocycles. The van der Waals surface area contributed by atoms with E-state index in [2.05, 4.69) is 36.2 Å². The van der Waals surface area contributed by atoms with Gasteiger partial charge in [-0.05, 0) is 25.5 Å². The molecule has 0 radical (unpaired) electrons. The molecule has 128 valence electrons. The van der Waals surface area contributed by atoms with E-state index in [0.717, 1.165) is 55.5 Å². The van der Waals surface area contributed by atoms with Crippen molar-refractivity contribution in [1.82, 2.24) is 25.0 Å². The number of rotatable bonds is 2. The molecule has 2 aliphatic heterocycles. The molecular formula is C16H27N5OS. The van der Waals surface area contributed by atoms with Gasteiger partial charge in [0.05, 0.1) is 12.6 Å². The van der Waals surface area contributed by atoms with Crippen LogP contribution >= 0.6 is 11.8 Å². The molecule has 7 heteroatoms. The zero-order chi connectivity index (χ0) is 16.4. The normalized spacial score (nSPS) is 25.1. The largest absolute Gasteiger partial charge is 0.333 e. The van der Waals surface area contributed by atoms with Gasteiger partial charge in [0.15, 0.2) is 5.82 Å². The van der Waals surface area contributed by atoms with Crippen LogP contribution in [-0.4, -0.2) is 55.8 Å². The van der Waals surface area contributed by atoms with E-state index in [0.29, 0.717) is 12.0 Å². The molecule has 0 saturated carbocycles. The number of amides is 2. The lowest BCUT2D eigenvalue weighted by atomic mass is 10.1. The molecule has 0 aliphatic carbocycles. The Balaban J connectivity index is 1.61. The minimum atomic E-state index is 0.0812. The maximum atomic E-state index is 12.6. The second kappa shape index (κ2) is 7.11. The van der Waals surface area contributed by atoms with Crippen molar-refractivity contribution >= 4 is 17.8 Å². The van der Waals surface area contributed by atoms with Crippen molar-refractivity contribution in [2.24, 2.45) is 0 Å². The molecule has 23 heavy (non-hydrogen) atoms. The summed E-state index contributed by atoms with van der Waals surface area (Å²) >= 11 is 1.94. The highest BCUT2D eigenvalue weighted by molar-refractivity contribution is 7.99. The van der Waals surface area contributed by atoms with Gasteiger partial charge in [-0.2, -0.15) is 16.9 Å². The average molecular weight is 337 g/mol. The maximum absolute atomic E-state index is 12.6. The first-order valence-corrected chi connectivity index (χ1v) is 9.78. The topological polar surface area (TPSA) is 63.1 Å². The molecule has 1 fully saturated rings. The Morgan fingerprint density at radius 3 is 2.96 bits per heavy atom. The summed E-state index contributed by atoms with van der Waals surface area (Å²) in [4.78, 5) is 19.2. The van der Waals surface area contributed by atoms with Crippen LogP contribution in [0.4, 0.5) is 4.79 Å². The minimum Gasteiger partial charge on any atom is -0.333 e. The Morgan fingerprint density at radius 2 is 2.17 bits per heavy atom. The number of urea groups is 1. The molecule has 2 atom stereocenters. The van der Waals surface area contributed by atoms with E-state index in [1.54, 1.807) is 0 Å². The zero-order valence-corrected chi connectivity index (χ0v) is 15.1. The van der Waals surface area contributed by atoms with Crippen molar-refractivity contribution in [3.05, 3.63) is 11.6 Å². The van der Waals surface area contributed by atoms with Crippen LogP contribution in [-0.2, 0) is 13.0 Å². The van der Waals surface area contributed by atoms with Gasteiger partial charge in [0, 0.05) is 30.7 Å². The third-order valence-corrected chi connectivity index (χ3v) is 5.66. The van der Waals surface area contributed by atoms with E-state index in [1.165, 1.54) is 0 Å². The van der Waals surface area contributed by atoms with Gasteiger partial charge in [0.1, 0.15) is 5.82 Å². The number of hydrogen-bond acceptors (Lipinski definition) is 4. The maximum Gasteiger partial charge on any atom is 0.317 e. The van der Waals surface area contributed by atoms with Gasteiger partial charge in [-0.25, -0.2) is 14.5 Å². The minimum absolute atomic E-state index is 0.0812. The van der Waals surface area contributed by atoms with Crippen LogP contribution in [0.1, 0.15) is 51.2 Å². The summed E-state index contributed by atoms with van der Waals surface area (Å²) in [5, 5.41) is 7.80. The number of thioether (sulfide) groups is 1. The molecule has 0 spiro atoms. The van der Waals surface area contributed by atoms with Crippen molar-refractivity contribution in [3.63, 3.8) is 0 Å². The fourth-order valence-electron chi connectivity index (χ4n) is 3.14. The number of carbonyl (C=O) groups is 1. The molecule has 6 nitrogen and oxygen atoms in total. The van der Waals surface area contributed by atoms with Gasteiger partial charge < -0.3 is 10.2 Å². The van der Waals surface area contributed by atoms with Crippen molar-refractivity contribution in [2.75, 3.05) is 18.1 Å². The van der Waals surface area contributed by atoms with Gasteiger partial charge in [0.25, 0.3) is 0 Å². The molecule has 3 heterocycles. The Labute approximate surface area is 142 Å². The first-order valence-electron chi connectivity index (χ1n) is 8.63. The SMILES string of the molecule is CC(C)c1nc2n(n1)C[C@H](NC(=O)N1CCSCC[C@H]1C)CC2. The van der Waals surface area contributed by atoms with Crippen LogP contribution in [0.5, 0.6) is 0 Å². The fraction of sp³-hybridized carbons (Fsp3) is 0.812. The summed E-state index contributed by atoms with van der Waals surface area (Å²) in [6.07, 6.45) is 2.91. The van der Waals surface area contributed by atoms with E-state index >= 15 is 0 Å². The molecule has 2 aliphatic rings. The van der Waals surface area contributed by atoms with Crippen LogP contribution in [0.3, 0.4) is 0 Å². The molecule has 0 unspecified atom stereocenters. The average Bonchev–Trinajstić information content (AvgIpc) is 2.82. The highest BCUT2D eigenvalue weighted by Gasteiger charge is 2.27. The first-order chi connectivity index (χ1) is 11.0. The Hall–Kier alpha value is -1.24. The molecule has 1 aromatic heterocycles. The molecule has 1 aromatic rings. The number of nitrogens with one attached hydrogen (secondary N) is 1. The summed E-state index contributed by atoms with van der Waals surface area (Å²) in [7, 11) is 0. The number of fused-ring (bicyclic) bond motifs is 1. The van der Waals surface area contributed by atoms with E-state index < -0.39 is 0 Å². The fourth-order valence-corrected chi connectivity index (χ4v) is 4.18. The molecule has 2 amide bonds. The van der Waals surface area contributed by atoms with Gasteiger partial charge in [-0.15, -0.1) is 0 Å².